The molecule has 3 aromatic heterocycles. The highest BCUT2D eigenvalue weighted by Crippen LogP contribution is 2.44. The van der Waals surface area contributed by atoms with Crippen molar-refractivity contribution in [2.75, 3.05) is 5.32 Å². The van der Waals surface area contributed by atoms with Gasteiger partial charge in [-0.3, -0.25) is 9.78 Å². The van der Waals surface area contributed by atoms with Crippen LogP contribution in [0.5, 0.6) is 0 Å². The number of carbonyl (C=O) groups excluding carboxylic acids is 1. The zero-order valence-corrected chi connectivity index (χ0v) is 19.5. The molecule has 1 N–H and O–H groups in total. The summed E-state index contributed by atoms with van der Waals surface area (Å²) in [6.07, 6.45) is 4.48. The number of halogens is 1. The lowest BCUT2D eigenvalue weighted by Gasteiger charge is -2.14. The molecule has 0 atom stereocenters. The van der Waals surface area contributed by atoms with Crippen LogP contribution in [-0.4, -0.2) is 25.7 Å². The van der Waals surface area contributed by atoms with E-state index in [1.807, 2.05) is 35.1 Å². The quantitative estimate of drug-likeness (QED) is 0.410. The summed E-state index contributed by atoms with van der Waals surface area (Å²) >= 11 is 5.02. The Morgan fingerprint density at radius 2 is 2.00 bits per heavy atom. The molecule has 0 bridgehead atoms. The zero-order valence-electron chi connectivity index (χ0n) is 17.1. The SMILES string of the molecule is CCc1ccc(-c2nn(-c3ccc(Br)cc3)c3c2CCc2nc(NC(C)=O)sc2-3)cn1. The van der Waals surface area contributed by atoms with Gasteiger partial charge in [0.25, 0.3) is 0 Å². The van der Waals surface area contributed by atoms with Crippen molar-refractivity contribution in [3.63, 3.8) is 0 Å². The van der Waals surface area contributed by atoms with Crippen LogP contribution in [0.1, 0.15) is 30.8 Å². The predicted octanol–water partition coefficient (Wildman–Crippen LogP) is 5.44. The minimum atomic E-state index is -0.115. The van der Waals surface area contributed by atoms with Gasteiger partial charge < -0.3 is 5.32 Å². The molecule has 0 aliphatic heterocycles. The van der Waals surface area contributed by atoms with E-state index in [9.17, 15) is 4.79 Å². The van der Waals surface area contributed by atoms with Crippen molar-refractivity contribution in [1.82, 2.24) is 19.7 Å². The van der Waals surface area contributed by atoms with E-state index in [4.69, 9.17) is 5.10 Å². The van der Waals surface area contributed by atoms with Crippen LogP contribution in [0.2, 0.25) is 0 Å². The van der Waals surface area contributed by atoms with E-state index in [-0.39, 0.29) is 5.91 Å². The van der Waals surface area contributed by atoms with Crippen LogP contribution < -0.4 is 5.32 Å². The molecule has 0 unspecified atom stereocenters. The molecule has 0 spiro atoms. The number of anilines is 1. The lowest BCUT2D eigenvalue weighted by Crippen LogP contribution is -2.07. The van der Waals surface area contributed by atoms with E-state index in [0.29, 0.717) is 5.13 Å². The maximum atomic E-state index is 11.6. The Labute approximate surface area is 192 Å². The summed E-state index contributed by atoms with van der Waals surface area (Å²) in [5.41, 5.74) is 7.26. The molecule has 5 rings (SSSR count). The summed E-state index contributed by atoms with van der Waals surface area (Å²) in [5, 5.41) is 8.50. The molecule has 4 aromatic rings. The first-order valence-electron chi connectivity index (χ1n) is 10.1. The highest BCUT2D eigenvalue weighted by atomic mass is 79.9. The summed E-state index contributed by atoms with van der Waals surface area (Å²) < 4.78 is 3.02. The molecule has 156 valence electrons. The highest BCUT2D eigenvalue weighted by molar-refractivity contribution is 9.10. The molecule has 31 heavy (non-hydrogen) atoms. The summed E-state index contributed by atoms with van der Waals surface area (Å²) in [4.78, 5) is 21.9. The standard InChI is InChI=1S/C23H20BrN5OS/c1-3-16-7-4-14(12-25-16)20-18-10-11-19-22(31-23(27-19)26-13(2)30)21(18)29(28-20)17-8-5-15(24)6-9-17/h4-9,12H,3,10-11H2,1-2H3,(H,26,27,30). The Hall–Kier alpha value is -2.84. The van der Waals surface area contributed by atoms with Crippen LogP contribution in [0, 0.1) is 0 Å². The molecular weight excluding hydrogens is 474 g/mol. The van der Waals surface area contributed by atoms with Gasteiger partial charge in [0.15, 0.2) is 5.13 Å². The molecule has 0 saturated carbocycles. The molecule has 0 saturated heterocycles. The number of thiazole rings is 1. The number of pyridine rings is 1. The van der Waals surface area contributed by atoms with Gasteiger partial charge in [0.05, 0.1) is 27.6 Å². The van der Waals surface area contributed by atoms with Crippen LogP contribution in [0.4, 0.5) is 5.13 Å². The summed E-state index contributed by atoms with van der Waals surface area (Å²) in [6.45, 7) is 3.60. The Bertz CT molecular complexity index is 1270. The first-order chi connectivity index (χ1) is 15.0. The van der Waals surface area contributed by atoms with Crippen molar-refractivity contribution in [3.8, 4) is 27.5 Å². The fourth-order valence-electron chi connectivity index (χ4n) is 3.85. The number of aryl methyl sites for hydroxylation is 2. The Morgan fingerprint density at radius 1 is 1.19 bits per heavy atom. The number of fused-ring (bicyclic) bond motifs is 3. The van der Waals surface area contributed by atoms with Gasteiger partial charge >= 0.3 is 0 Å². The lowest BCUT2D eigenvalue weighted by atomic mass is 9.95. The third kappa shape index (κ3) is 3.70. The summed E-state index contributed by atoms with van der Waals surface area (Å²) in [5.74, 6) is -0.115. The van der Waals surface area contributed by atoms with E-state index in [0.717, 1.165) is 62.6 Å². The Morgan fingerprint density at radius 3 is 2.68 bits per heavy atom. The summed E-state index contributed by atoms with van der Waals surface area (Å²) in [7, 11) is 0. The summed E-state index contributed by atoms with van der Waals surface area (Å²) in [6, 6.07) is 12.3. The minimum absolute atomic E-state index is 0.115. The second-order valence-corrected chi connectivity index (χ2v) is 9.35. The van der Waals surface area contributed by atoms with Gasteiger partial charge in [-0.2, -0.15) is 5.10 Å². The lowest BCUT2D eigenvalue weighted by molar-refractivity contribution is -0.114. The first-order valence-corrected chi connectivity index (χ1v) is 11.7. The average Bonchev–Trinajstić information content (AvgIpc) is 3.35. The van der Waals surface area contributed by atoms with Gasteiger partial charge in [0, 0.05) is 34.4 Å². The second kappa shape index (κ2) is 8.01. The maximum absolute atomic E-state index is 11.6. The number of hydrogen-bond acceptors (Lipinski definition) is 5. The smallest absolute Gasteiger partial charge is 0.223 e. The number of rotatable bonds is 4. The number of nitrogens with one attached hydrogen (secondary N) is 1. The molecule has 1 aliphatic carbocycles. The normalized spacial score (nSPS) is 12.4. The van der Waals surface area contributed by atoms with Crippen molar-refractivity contribution in [2.45, 2.75) is 33.1 Å². The molecule has 1 aliphatic rings. The molecule has 3 heterocycles. The largest absolute Gasteiger partial charge is 0.302 e. The van der Waals surface area contributed by atoms with Crippen LogP contribution in [-0.2, 0) is 24.1 Å². The van der Waals surface area contributed by atoms with Crippen molar-refractivity contribution < 1.29 is 4.79 Å². The third-order valence-electron chi connectivity index (χ3n) is 5.32. The molecular formula is C23H20BrN5OS. The van der Waals surface area contributed by atoms with Crippen molar-refractivity contribution in [2.24, 2.45) is 0 Å². The fourth-order valence-corrected chi connectivity index (χ4v) is 5.23. The first kappa shape index (κ1) is 20.1. The number of amides is 1. The van der Waals surface area contributed by atoms with E-state index in [1.165, 1.54) is 23.8 Å². The minimum Gasteiger partial charge on any atom is -0.302 e. The van der Waals surface area contributed by atoms with Gasteiger partial charge in [0.1, 0.15) is 0 Å². The van der Waals surface area contributed by atoms with Crippen LogP contribution in [0.25, 0.3) is 27.5 Å². The van der Waals surface area contributed by atoms with E-state index in [1.54, 1.807) is 0 Å². The Kier molecular flexibility index (Phi) is 5.19. The number of aromatic nitrogens is 4. The van der Waals surface area contributed by atoms with Crippen molar-refractivity contribution >= 4 is 38.3 Å². The van der Waals surface area contributed by atoms with Crippen LogP contribution in [0.3, 0.4) is 0 Å². The molecule has 8 heteroatoms. The number of nitrogens with zero attached hydrogens (tertiary/aromatic N) is 4. The number of carbonyl (C=O) groups is 1. The monoisotopic (exact) mass is 493 g/mol. The molecule has 0 fully saturated rings. The van der Waals surface area contributed by atoms with E-state index >= 15 is 0 Å². The van der Waals surface area contributed by atoms with Gasteiger partial charge in [-0.05, 0) is 55.7 Å². The average molecular weight is 494 g/mol. The van der Waals surface area contributed by atoms with Crippen molar-refractivity contribution in [3.05, 3.63) is 64.0 Å². The highest BCUT2D eigenvalue weighted by Gasteiger charge is 2.30. The van der Waals surface area contributed by atoms with Crippen LogP contribution in [0.15, 0.2) is 47.1 Å². The number of hydrogen-bond donors (Lipinski definition) is 1. The maximum Gasteiger partial charge on any atom is 0.223 e. The van der Waals surface area contributed by atoms with E-state index in [2.05, 4.69) is 50.3 Å². The van der Waals surface area contributed by atoms with Gasteiger partial charge in [0.2, 0.25) is 5.91 Å². The van der Waals surface area contributed by atoms with Gasteiger partial charge in [-0.1, -0.05) is 34.2 Å². The zero-order chi connectivity index (χ0) is 21.5. The third-order valence-corrected chi connectivity index (χ3v) is 6.87. The topological polar surface area (TPSA) is 72.7 Å². The molecule has 1 amide bonds. The number of benzene rings is 1. The van der Waals surface area contributed by atoms with Gasteiger partial charge in [-0.25, -0.2) is 9.67 Å². The van der Waals surface area contributed by atoms with E-state index < -0.39 is 0 Å². The van der Waals surface area contributed by atoms with Gasteiger partial charge in [-0.15, -0.1) is 0 Å². The molecule has 6 nitrogen and oxygen atoms in total. The Balaban J connectivity index is 1.71. The van der Waals surface area contributed by atoms with Crippen molar-refractivity contribution in [1.29, 1.82) is 0 Å². The molecule has 1 aromatic carbocycles. The second-order valence-electron chi connectivity index (χ2n) is 7.43. The molecule has 0 radical (unpaired) electrons. The van der Waals surface area contributed by atoms with Crippen LogP contribution >= 0.6 is 27.3 Å². The fraction of sp³-hybridized carbons (Fsp3) is 0.217. The predicted molar refractivity (Wildman–Crippen MR) is 127 cm³/mol.